The van der Waals surface area contributed by atoms with Gasteiger partial charge in [0.2, 0.25) is 0 Å². The minimum Gasteiger partial charge on any atom is -0.366 e. The summed E-state index contributed by atoms with van der Waals surface area (Å²) in [4.78, 5) is 2.45. The molecule has 1 aliphatic heterocycles. The molecule has 0 saturated carbocycles. The first-order valence-corrected chi connectivity index (χ1v) is 7.22. The topological polar surface area (TPSA) is 27.0 Å². The maximum Gasteiger partial charge on any atom is 0.0625 e. The zero-order valence-electron chi connectivity index (χ0n) is 11.0. The molecule has 0 amide bonds. The highest BCUT2D eigenvalue weighted by Crippen LogP contribution is 2.36. The van der Waals surface area contributed by atoms with Crippen molar-refractivity contribution >= 4 is 21.6 Å². The highest BCUT2D eigenvalue weighted by Gasteiger charge is 2.34. The maximum atomic E-state index is 8.87. The van der Waals surface area contributed by atoms with Gasteiger partial charge in [0.15, 0.2) is 0 Å². The molecule has 1 aliphatic rings. The van der Waals surface area contributed by atoms with Crippen molar-refractivity contribution in [1.82, 2.24) is 0 Å². The summed E-state index contributed by atoms with van der Waals surface area (Å²) in [6.07, 6.45) is 2.97. The minimum absolute atomic E-state index is 0.173. The lowest BCUT2D eigenvalue weighted by molar-refractivity contribution is 0.293. The summed E-state index contributed by atoms with van der Waals surface area (Å²) in [6, 6.07) is 10.8. The van der Waals surface area contributed by atoms with Crippen molar-refractivity contribution in [2.75, 3.05) is 11.4 Å². The van der Waals surface area contributed by atoms with Gasteiger partial charge in [-0.2, -0.15) is 5.26 Å². The second-order valence-corrected chi connectivity index (χ2v) is 6.59. The molecule has 1 heterocycles. The Bertz CT molecular complexity index is 462. The summed E-state index contributed by atoms with van der Waals surface area (Å²) in [7, 11) is 0. The van der Waals surface area contributed by atoms with E-state index in [1.165, 1.54) is 5.69 Å². The zero-order valence-corrected chi connectivity index (χ0v) is 12.6. The molecular formula is C15H19BrN2. The summed E-state index contributed by atoms with van der Waals surface area (Å²) < 4.78 is 1.11. The lowest BCUT2D eigenvalue weighted by atomic mass is 9.83. The van der Waals surface area contributed by atoms with Crippen LogP contribution in [0.3, 0.4) is 0 Å². The molecule has 0 aliphatic carbocycles. The van der Waals surface area contributed by atoms with Crippen LogP contribution in [0.1, 0.15) is 33.1 Å². The molecule has 0 N–H and O–H groups in total. The molecule has 1 fully saturated rings. The summed E-state index contributed by atoms with van der Waals surface area (Å²) in [5, 5.41) is 8.87. The molecule has 2 rings (SSSR count). The molecule has 1 aromatic carbocycles. The van der Waals surface area contributed by atoms with Gasteiger partial charge in [0.05, 0.1) is 6.07 Å². The number of halogens is 1. The highest BCUT2D eigenvalue weighted by molar-refractivity contribution is 9.10. The Labute approximate surface area is 118 Å². The summed E-state index contributed by atoms with van der Waals surface area (Å²) in [6.45, 7) is 5.56. The van der Waals surface area contributed by atoms with Crippen molar-refractivity contribution in [3.63, 3.8) is 0 Å². The Morgan fingerprint density at radius 3 is 2.94 bits per heavy atom. The predicted molar refractivity (Wildman–Crippen MR) is 78.5 cm³/mol. The number of benzene rings is 1. The Morgan fingerprint density at radius 1 is 1.50 bits per heavy atom. The number of hydrogen-bond donors (Lipinski definition) is 0. The second-order valence-electron chi connectivity index (χ2n) is 5.67. The number of rotatable bonds is 2. The predicted octanol–water partition coefficient (Wildman–Crippen LogP) is 4.36. The third-order valence-corrected chi connectivity index (χ3v) is 4.33. The molecule has 3 heteroatoms. The zero-order chi connectivity index (χ0) is 13.2. The van der Waals surface area contributed by atoms with Gasteiger partial charge in [-0.3, -0.25) is 0 Å². The fourth-order valence-electron chi connectivity index (χ4n) is 2.68. The molecule has 0 bridgehead atoms. The van der Waals surface area contributed by atoms with E-state index < -0.39 is 0 Å². The molecule has 0 radical (unpaired) electrons. The molecule has 2 nitrogen and oxygen atoms in total. The number of nitrogens with zero attached hydrogens (tertiary/aromatic N) is 2. The standard InChI is InChI=1S/C15H19BrN2/c1-15(2)8-6-12(7-9-17)11-18(15)14-5-3-4-13(16)10-14/h3-5,10,12H,6-8,11H2,1-2H3. The van der Waals surface area contributed by atoms with E-state index in [9.17, 15) is 0 Å². The van der Waals surface area contributed by atoms with E-state index >= 15 is 0 Å². The van der Waals surface area contributed by atoms with E-state index in [2.05, 4.69) is 58.9 Å². The number of piperidine rings is 1. The van der Waals surface area contributed by atoms with Gasteiger partial charge in [-0.1, -0.05) is 22.0 Å². The first-order chi connectivity index (χ1) is 8.53. The molecule has 1 unspecified atom stereocenters. The first kappa shape index (κ1) is 13.4. The van der Waals surface area contributed by atoms with E-state index in [4.69, 9.17) is 5.26 Å². The van der Waals surface area contributed by atoms with Gasteiger partial charge < -0.3 is 4.90 Å². The third-order valence-electron chi connectivity index (χ3n) is 3.84. The van der Waals surface area contributed by atoms with E-state index in [0.29, 0.717) is 12.3 Å². The van der Waals surface area contributed by atoms with Gasteiger partial charge >= 0.3 is 0 Å². The van der Waals surface area contributed by atoms with E-state index in [1.807, 2.05) is 6.07 Å². The number of anilines is 1. The average Bonchev–Trinajstić information content (AvgIpc) is 2.31. The van der Waals surface area contributed by atoms with Crippen LogP contribution in [0.15, 0.2) is 28.7 Å². The number of nitriles is 1. The van der Waals surface area contributed by atoms with Crippen LogP contribution < -0.4 is 4.90 Å². The van der Waals surface area contributed by atoms with Crippen molar-refractivity contribution in [3.8, 4) is 6.07 Å². The van der Waals surface area contributed by atoms with Crippen LogP contribution in [0.2, 0.25) is 0 Å². The van der Waals surface area contributed by atoms with Crippen LogP contribution in [-0.2, 0) is 0 Å². The fraction of sp³-hybridized carbons (Fsp3) is 0.533. The van der Waals surface area contributed by atoms with Crippen molar-refractivity contribution in [3.05, 3.63) is 28.7 Å². The molecule has 1 aromatic rings. The van der Waals surface area contributed by atoms with Gasteiger partial charge in [-0.15, -0.1) is 0 Å². The minimum atomic E-state index is 0.173. The fourth-order valence-corrected chi connectivity index (χ4v) is 3.07. The molecular weight excluding hydrogens is 288 g/mol. The average molecular weight is 307 g/mol. The van der Waals surface area contributed by atoms with Gasteiger partial charge in [-0.25, -0.2) is 0 Å². The van der Waals surface area contributed by atoms with Crippen LogP contribution in [0.4, 0.5) is 5.69 Å². The third kappa shape index (κ3) is 2.87. The molecule has 1 atom stereocenters. The molecule has 0 spiro atoms. The van der Waals surface area contributed by atoms with Gasteiger partial charge in [0.1, 0.15) is 0 Å². The Balaban J connectivity index is 2.24. The van der Waals surface area contributed by atoms with Crippen LogP contribution in [0, 0.1) is 17.2 Å². The molecule has 0 aromatic heterocycles. The highest BCUT2D eigenvalue weighted by atomic mass is 79.9. The summed E-state index contributed by atoms with van der Waals surface area (Å²) in [5.41, 5.74) is 1.42. The van der Waals surface area contributed by atoms with Gasteiger partial charge in [0, 0.05) is 28.7 Å². The van der Waals surface area contributed by atoms with E-state index in [-0.39, 0.29) is 5.54 Å². The first-order valence-electron chi connectivity index (χ1n) is 6.43. The van der Waals surface area contributed by atoms with Crippen molar-refractivity contribution < 1.29 is 0 Å². The van der Waals surface area contributed by atoms with Gasteiger partial charge in [0.25, 0.3) is 0 Å². The Hall–Kier alpha value is -1.01. The van der Waals surface area contributed by atoms with Crippen molar-refractivity contribution in [1.29, 1.82) is 5.26 Å². The van der Waals surface area contributed by atoms with Crippen LogP contribution in [0.5, 0.6) is 0 Å². The second kappa shape index (κ2) is 5.32. The Kier molecular flexibility index (Phi) is 3.97. The smallest absolute Gasteiger partial charge is 0.0625 e. The summed E-state index contributed by atoms with van der Waals surface area (Å²) >= 11 is 3.53. The lowest BCUT2D eigenvalue weighted by Gasteiger charge is -2.47. The van der Waals surface area contributed by atoms with E-state index in [0.717, 1.165) is 23.9 Å². The number of hydrogen-bond acceptors (Lipinski definition) is 2. The molecule has 96 valence electrons. The van der Waals surface area contributed by atoms with E-state index in [1.54, 1.807) is 0 Å². The van der Waals surface area contributed by atoms with Crippen molar-refractivity contribution in [2.24, 2.45) is 5.92 Å². The molecule has 1 saturated heterocycles. The van der Waals surface area contributed by atoms with Gasteiger partial charge in [-0.05, 0) is 50.8 Å². The SMILES string of the molecule is CC1(C)CCC(CC#N)CN1c1cccc(Br)c1. The van der Waals surface area contributed by atoms with Crippen LogP contribution >= 0.6 is 15.9 Å². The van der Waals surface area contributed by atoms with Crippen LogP contribution in [0.25, 0.3) is 0 Å². The lowest BCUT2D eigenvalue weighted by Crippen LogP contribution is -2.50. The molecule has 18 heavy (non-hydrogen) atoms. The normalized spacial score (nSPS) is 22.6. The monoisotopic (exact) mass is 306 g/mol. The Morgan fingerprint density at radius 2 is 2.28 bits per heavy atom. The largest absolute Gasteiger partial charge is 0.366 e. The van der Waals surface area contributed by atoms with Crippen LogP contribution in [-0.4, -0.2) is 12.1 Å². The summed E-state index contributed by atoms with van der Waals surface area (Å²) in [5.74, 6) is 0.502. The quantitative estimate of drug-likeness (QED) is 0.812. The van der Waals surface area contributed by atoms with Crippen molar-refractivity contribution in [2.45, 2.75) is 38.6 Å². The maximum absolute atomic E-state index is 8.87.